The number of benzene rings is 2. The highest BCUT2D eigenvalue weighted by Gasteiger charge is 2.18. The highest BCUT2D eigenvalue weighted by molar-refractivity contribution is 7.89. The summed E-state index contributed by atoms with van der Waals surface area (Å²) in [4.78, 5) is 12.5. The third-order valence-electron chi connectivity index (χ3n) is 4.59. The maximum Gasteiger partial charge on any atom is 0.246 e. The molecule has 7 heteroatoms. The first kappa shape index (κ1) is 18.4. The van der Waals surface area contributed by atoms with Gasteiger partial charge in [-0.05, 0) is 68.0 Å². The maximum absolute atomic E-state index is 12.5. The van der Waals surface area contributed by atoms with Crippen LogP contribution in [0.3, 0.4) is 0 Å². The summed E-state index contributed by atoms with van der Waals surface area (Å²) in [6.07, 6.45) is 4.45. The van der Waals surface area contributed by atoms with E-state index < -0.39 is 16.1 Å². The van der Waals surface area contributed by atoms with E-state index in [1.54, 1.807) is 19.1 Å². The maximum atomic E-state index is 12.5. The SMILES string of the molecule is C[C@@H](Nc1cccc2c1CCCC2)C(=O)Nc1cccc(S(N)(=O)=O)c1. The van der Waals surface area contributed by atoms with Crippen molar-refractivity contribution in [2.75, 3.05) is 10.6 Å². The summed E-state index contributed by atoms with van der Waals surface area (Å²) in [5, 5.41) is 11.1. The minimum absolute atomic E-state index is 0.0342. The zero-order chi connectivity index (χ0) is 18.7. The molecule has 0 radical (unpaired) electrons. The van der Waals surface area contributed by atoms with Gasteiger partial charge in [-0.2, -0.15) is 0 Å². The first-order chi connectivity index (χ1) is 12.3. The van der Waals surface area contributed by atoms with E-state index in [4.69, 9.17) is 5.14 Å². The summed E-state index contributed by atoms with van der Waals surface area (Å²) in [5.41, 5.74) is 4.01. The van der Waals surface area contributed by atoms with Gasteiger partial charge in [-0.1, -0.05) is 18.2 Å². The van der Waals surface area contributed by atoms with Crippen LogP contribution < -0.4 is 15.8 Å². The summed E-state index contributed by atoms with van der Waals surface area (Å²) in [6.45, 7) is 1.78. The van der Waals surface area contributed by atoms with Gasteiger partial charge >= 0.3 is 0 Å². The van der Waals surface area contributed by atoms with E-state index in [9.17, 15) is 13.2 Å². The molecule has 0 aromatic heterocycles. The number of hydrogen-bond donors (Lipinski definition) is 3. The Hall–Kier alpha value is -2.38. The molecule has 0 bridgehead atoms. The first-order valence-corrected chi connectivity index (χ1v) is 10.2. The van der Waals surface area contributed by atoms with Gasteiger partial charge in [0.1, 0.15) is 6.04 Å². The first-order valence-electron chi connectivity index (χ1n) is 8.65. The van der Waals surface area contributed by atoms with Crippen LogP contribution in [0, 0.1) is 0 Å². The van der Waals surface area contributed by atoms with Crippen molar-refractivity contribution in [2.45, 2.75) is 43.5 Å². The summed E-state index contributed by atoms with van der Waals surface area (Å²) in [5.74, 6) is -0.245. The second-order valence-corrected chi connectivity index (χ2v) is 8.14. The highest BCUT2D eigenvalue weighted by atomic mass is 32.2. The summed E-state index contributed by atoms with van der Waals surface area (Å²) in [7, 11) is -3.81. The van der Waals surface area contributed by atoms with Crippen LogP contribution >= 0.6 is 0 Å². The Morgan fingerprint density at radius 2 is 1.85 bits per heavy atom. The number of hydrogen-bond acceptors (Lipinski definition) is 4. The number of anilines is 2. The fourth-order valence-corrected chi connectivity index (χ4v) is 3.78. The molecule has 0 aliphatic heterocycles. The molecule has 2 aromatic rings. The molecule has 1 atom stereocenters. The van der Waals surface area contributed by atoms with E-state index in [0.717, 1.165) is 24.9 Å². The number of sulfonamides is 1. The summed E-state index contributed by atoms with van der Waals surface area (Å²) >= 11 is 0. The number of primary sulfonamides is 1. The molecule has 1 aliphatic rings. The molecule has 0 unspecified atom stereocenters. The monoisotopic (exact) mass is 373 g/mol. The average molecular weight is 373 g/mol. The Morgan fingerprint density at radius 1 is 1.12 bits per heavy atom. The zero-order valence-corrected chi connectivity index (χ0v) is 15.5. The number of nitrogens with one attached hydrogen (secondary N) is 2. The molecule has 1 amide bonds. The second-order valence-electron chi connectivity index (χ2n) is 6.58. The molecular weight excluding hydrogens is 350 g/mol. The Morgan fingerprint density at radius 3 is 2.62 bits per heavy atom. The number of nitrogens with two attached hydrogens (primary N) is 1. The van der Waals surface area contributed by atoms with Crippen molar-refractivity contribution < 1.29 is 13.2 Å². The summed E-state index contributed by atoms with van der Waals surface area (Å²) < 4.78 is 22.9. The molecule has 0 heterocycles. The molecule has 4 N–H and O–H groups in total. The van der Waals surface area contributed by atoms with Crippen molar-refractivity contribution in [3.63, 3.8) is 0 Å². The van der Waals surface area contributed by atoms with Crippen molar-refractivity contribution in [3.8, 4) is 0 Å². The van der Waals surface area contributed by atoms with Gasteiger partial charge in [0.25, 0.3) is 0 Å². The van der Waals surface area contributed by atoms with Crippen LogP contribution in [-0.2, 0) is 27.7 Å². The van der Waals surface area contributed by atoms with Crippen LogP contribution in [0.1, 0.15) is 30.9 Å². The summed E-state index contributed by atoms with van der Waals surface area (Å²) in [6, 6.07) is 11.6. The lowest BCUT2D eigenvalue weighted by Crippen LogP contribution is -2.32. The molecule has 26 heavy (non-hydrogen) atoms. The van der Waals surface area contributed by atoms with Crippen molar-refractivity contribution in [1.82, 2.24) is 0 Å². The Kier molecular flexibility index (Phi) is 5.29. The molecule has 138 valence electrons. The van der Waals surface area contributed by atoms with Gasteiger partial charge in [0.15, 0.2) is 0 Å². The lowest BCUT2D eigenvalue weighted by molar-refractivity contribution is -0.116. The number of fused-ring (bicyclic) bond motifs is 1. The van der Waals surface area contributed by atoms with Crippen LogP contribution in [0.5, 0.6) is 0 Å². The molecule has 3 rings (SSSR count). The lowest BCUT2D eigenvalue weighted by atomic mass is 9.90. The standard InChI is InChI=1S/C19H23N3O3S/c1-13(21-18-11-4-7-14-6-2-3-10-17(14)18)19(23)22-15-8-5-9-16(12-15)26(20,24)25/h4-5,7-9,11-13,21H,2-3,6,10H2,1H3,(H,22,23)(H2,20,24,25)/t13-/m1/s1. The van der Waals surface area contributed by atoms with Crippen LogP contribution in [0.25, 0.3) is 0 Å². The molecule has 0 spiro atoms. The van der Waals surface area contributed by atoms with Crippen LogP contribution in [0.2, 0.25) is 0 Å². The average Bonchev–Trinajstić information content (AvgIpc) is 2.61. The molecule has 0 saturated heterocycles. The molecule has 0 fully saturated rings. The molecule has 2 aromatic carbocycles. The Balaban J connectivity index is 1.71. The van der Waals surface area contributed by atoms with Gasteiger partial charge in [0, 0.05) is 11.4 Å². The van der Waals surface area contributed by atoms with Crippen LogP contribution in [0.4, 0.5) is 11.4 Å². The predicted octanol–water partition coefficient (Wildman–Crippen LogP) is 2.65. The van der Waals surface area contributed by atoms with E-state index in [1.807, 2.05) is 12.1 Å². The molecule has 1 aliphatic carbocycles. The third-order valence-corrected chi connectivity index (χ3v) is 5.50. The van der Waals surface area contributed by atoms with Gasteiger partial charge in [-0.15, -0.1) is 0 Å². The molecule has 6 nitrogen and oxygen atoms in total. The minimum atomic E-state index is -3.81. The van der Waals surface area contributed by atoms with Crippen molar-refractivity contribution in [3.05, 3.63) is 53.6 Å². The van der Waals surface area contributed by atoms with Gasteiger partial charge in [-0.3, -0.25) is 4.79 Å². The van der Waals surface area contributed by atoms with E-state index >= 15 is 0 Å². The van der Waals surface area contributed by atoms with Gasteiger partial charge in [0.05, 0.1) is 4.90 Å². The van der Waals surface area contributed by atoms with Crippen molar-refractivity contribution >= 4 is 27.3 Å². The highest BCUT2D eigenvalue weighted by Crippen LogP contribution is 2.28. The minimum Gasteiger partial charge on any atom is -0.374 e. The van der Waals surface area contributed by atoms with E-state index in [2.05, 4.69) is 16.7 Å². The normalized spacial score (nSPS) is 15.0. The van der Waals surface area contributed by atoms with Crippen molar-refractivity contribution in [1.29, 1.82) is 0 Å². The topological polar surface area (TPSA) is 101 Å². The quantitative estimate of drug-likeness (QED) is 0.750. The van der Waals surface area contributed by atoms with E-state index in [-0.39, 0.29) is 10.8 Å². The fraction of sp³-hybridized carbons (Fsp3) is 0.316. The Labute approximate surface area is 153 Å². The number of carbonyl (C=O) groups is 1. The number of aryl methyl sites for hydroxylation is 1. The van der Waals surface area contributed by atoms with E-state index in [0.29, 0.717) is 5.69 Å². The fourth-order valence-electron chi connectivity index (χ4n) is 3.22. The molecular formula is C19H23N3O3S. The van der Waals surface area contributed by atoms with Crippen molar-refractivity contribution in [2.24, 2.45) is 5.14 Å². The largest absolute Gasteiger partial charge is 0.374 e. The van der Waals surface area contributed by atoms with Gasteiger partial charge in [-0.25, -0.2) is 13.6 Å². The van der Waals surface area contributed by atoms with Gasteiger partial charge < -0.3 is 10.6 Å². The van der Waals surface area contributed by atoms with Gasteiger partial charge in [0.2, 0.25) is 15.9 Å². The smallest absolute Gasteiger partial charge is 0.246 e. The predicted molar refractivity (Wildman–Crippen MR) is 103 cm³/mol. The van der Waals surface area contributed by atoms with Crippen LogP contribution in [-0.4, -0.2) is 20.4 Å². The lowest BCUT2D eigenvalue weighted by Gasteiger charge is -2.22. The van der Waals surface area contributed by atoms with E-state index in [1.165, 1.54) is 29.7 Å². The number of rotatable bonds is 5. The molecule has 0 saturated carbocycles. The third kappa shape index (κ3) is 4.23. The number of carbonyl (C=O) groups excluding carboxylic acids is 1. The second kappa shape index (κ2) is 7.47. The van der Waals surface area contributed by atoms with Crippen LogP contribution in [0.15, 0.2) is 47.4 Å². The number of amides is 1. The Bertz CT molecular complexity index is 925. The zero-order valence-electron chi connectivity index (χ0n) is 14.7.